The van der Waals surface area contributed by atoms with E-state index in [2.05, 4.69) is 100 Å². The zero-order valence-corrected chi connectivity index (χ0v) is 25.1. The molecular formula is C24H29I2SiZr. The van der Waals surface area contributed by atoms with Crippen LogP contribution in [0.4, 0.5) is 0 Å². The Labute approximate surface area is 226 Å². The van der Waals surface area contributed by atoms with E-state index < -0.39 is 0 Å². The van der Waals surface area contributed by atoms with E-state index in [-0.39, 0.29) is 74.2 Å². The zero-order chi connectivity index (χ0) is 18.1. The fourth-order valence-electron chi connectivity index (χ4n) is 2.90. The number of fused-ring (bicyclic) bond motifs is 2. The average Bonchev–Trinajstić information content (AvgIpc) is 3.17. The van der Waals surface area contributed by atoms with Gasteiger partial charge in [-0.05, 0) is 0 Å². The topological polar surface area (TPSA) is 0 Å². The van der Waals surface area contributed by atoms with Crippen LogP contribution in [-0.4, -0.2) is 9.52 Å². The van der Waals surface area contributed by atoms with Crippen LogP contribution in [-0.2, 0) is 26.2 Å². The molecule has 1 radical (unpaired) electrons. The Hall–Kier alpha value is 0.220. The number of hydrogen-bond acceptors (Lipinski definition) is 0. The molecule has 0 fully saturated rings. The van der Waals surface area contributed by atoms with Crippen molar-refractivity contribution in [3.8, 4) is 0 Å². The molecule has 0 spiro atoms. The maximum Gasteiger partial charge on any atom is 4.00 e. The van der Waals surface area contributed by atoms with Crippen molar-refractivity contribution in [2.45, 2.75) is 39.8 Å². The van der Waals surface area contributed by atoms with Crippen molar-refractivity contribution in [1.29, 1.82) is 0 Å². The Morgan fingerprint density at radius 3 is 1.32 bits per heavy atom. The predicted molar refractivity (Wildman–Crippen MR) is 117 cm³/mol. The minimum Gasteiger partial charge on any atom is -1.00 e. The molecule has 147 valence electrons. The Morgan fingerprint density at radius 2 is 1.04 bits per heavy atom. The quantitative estimate of drug-likeness (QED) is 0.168. The van der Waals surface area contributed by atoms with Crippen LogP contribution in [0.15, 0.2) is 72.8 Å². The van der Waals surface area contributed by atoms with E-state index in [1.807, 2.05) is 0 Å². The summed E-state index contributed by atoms with van der Waals surface area (Å²) in [5, 5.41) is 5.39. The summed E-state index contributed by atoms with van der Waals surface area (Å²) in [6.45, 7) is 8.75. The first kappa shape index (κ1) is 30.4. The van der Waals surface area contributed by atoms with Gasteiger partial charge in [0.25, 0.3) is 0 Å². The fourth-order valence-corrected chi connectivity index (χ4v) is 3.48. The molecule has 0 N–H and O–H groups in total. The molecule has 0 aliphatic heterocycles. The van der Waals surface area contributed by atoms with Gasteiger partial charge in [0.05, 0.1) is 0 Å². The molecule has 0 aromatic heterocycles. The van der Waals surface area contributed by atoms with Crippen LogP contribution in [0.25, 0.3) is 21.5 Å². The van der Waals surface area contributed by atoms with Crippen LogP contribution in [0.5, 0.6) is 0 Å². The molecule has 0 amide bonds. The van der Waals surface area contributed by atoms with Crippen molar-refractivity contribution < 1.29 is 74.2 Å². The number of rotatable bonds is 2. The van der Waals surface area contributed by atoms with Crippen molar-refractivity contribution in [3.05, 3.63) is 83.9 Å². The molecule has 4 aromatic rings. The fraction of sp³-hybridized carbons (Fsp3) is 0.250. The summed E-state index contributed by atoms with van der Waals surface area (Å²) in [5.74, 6) is 0. The summed E-state index contributed by atoms with van der Waals surface area (Å²) in [6.07, 6.45) is 0. The molecule has 0 saturated heterocycles. The molecule has 4 aromatic carbocycles. The van der Waals surface area contributed by atoms with Crippen LogP contribution in [0.2, 0.25) is 12.1 Å². The maximum atomic E-state index is 2.25. The van der Waals surface area contributed by atoms with Crippen molar-refractivity contribution in [2.24, 2.45) is 0 Å². The third-order valence-corrected chi connectivity index (χ3v) is 5.26. The molecule has 0 atom stereocenters. The monoisotopic (exact) mass is 689 g/mol. The summed E-state index contributed by atoms with van der Waals surface area (Å²) < 4.78 is 0. The molecule has 0 bridgehead atoms. The molecule has 0 unspecified atom stereocenters. The molecule has 4 heteroatoms. The van der Waals surface area contributed by atoms with E-state index in [1.54, 1.807) is 0 Å². The van der Waals surface area contributed by atoms with Crippen molar-refractivity contribution in [1.82, 2.24) is 0 Å². The van der Waals surface area contributed by atoms with Crippen LogP contribution < -0.4 is 48.0 Å². The Bertz CT molecular complexity index is 756. The van der Waals surface area contributed by atoms with Crippen molar-refractivity contribution in [2.75, 3.05) is 0 Å². The maximum absolute atomic E-state index is 2.25. The SMILES string of the molecule is CC[SiH]CC.Cc1cc2ccccc2[cH-]1.Cc1cc2ccccc2[cH-]1.[I-].[I-].[Zr+4]. The molecule has 0 aliphatic carbocycles. The summed E-state index contributed by atoms with van der Waals surface area (Å²) in [7, 11) is 0.815. The second kappa shape index (κ2) is 17.0. The van der Waals surface area contributed by atoms with Crippen LogP contribution in [0.3, 0.4) is 0 Å². The third kappa shape index (κ3) is 10.3. The standard InChI is InChI=1S/2C10H9.C4H11Si.2HI.Zr/c2*1-8-6-9-4-2-3-5-10(9)7-8;1-3-5-4-2;;;/h2*2-7H,1H3;5H,3-4H2,1-2H3;2*1H;/q2*-1;;;;+4/p-2. The largest absolute Gasteiger partial charge is 4.00 e. The van der Waals surface area contributed by atoms with Gasteiger partial charge in [-0.2, -0.15) is 12.1 Å². The van der Waals surface area contributed by atoms with E-state index in [1.165, 1.54) is 44.8 Å². The minimum atomic E-state index is 0. The van der Waals surface area contributed by atoms with Gasteiger partial charge in [0, 0.05) is 9.52 Å². The average molecular weight is 691 g/mol. The number of halogens is 2. The molecule has 0 nitrogen and oxygen atoms in total. The zero-order valence-electron chi connectivity index (χ0n) is 17.2. The number of benzene rings is 2. The summed E-state index contributed by atoms with van der Waals surface area (Å²) in [5.41, 5.74) is 2.70. The summed E-state index contributed by atoms with van der Waals surface area (Å²) in [6, 6.07) is 28.5. The Balaban J connectivity index is 0. The van der Waals surface area contributed by atoms with E-state index in [4.69, 9.17) is 0 Å². The molecule has 0 saturated carbocycles. The van der Waals surface area contributed by atoms with Gasteiger partial charge < -0.3 is 48.0 Å². The van der Waals surface area contributed by atoms with Crippen LogP contribution >= 0.6 is 0 Å². The molecular weight excluding hydrogens is 661 g/mol. The van der Waals surface area contributed by atoms with Gasteiger partial charge in [0.15, 0.2) is 0 Å². The van der Waals surface area contributed by atoms with Crippen molar-refractivity contribution >= 4 is 31.1 Å². The van der Waals surface area contributed by atoms with E-state index in [9.17, 15) is 0 Å². The van der Waals surface area contributed by atoms with E-state index in [0.717, 1.165) is 9.52 Å². The molecule has 0 heterocycles. The van der Waals surface area contributed by atoms with Gasteiger partial charge in [-0.15, -0.1) is 81.2 Å². The first-order valence-corrected chi connectivity index (χ1v) is 10.8. The van der Waals surface area contributed by atoms with Gasteiger partial charge in [0.2, 0.25) is 0 Å². The predicted octanol–water partition coefficient (Wildman–Crippen LogP) is 1.04. The Morgan fingerprint density at radius 1 is 0.679 bits per heavy atom. The molecule has 4 rings (SSSR count). The molecule has 28 heavy (non-hydrogen) atoms. The Kier molecular flexibility index (Phi) is 18.4. The molecule has 0 aliphatic rings. The van der Waals surface area contributed by atoms with Gasteiger partial charge in [-0.25, -0.2) is 0 Å². The van der Waals surface area contributed by atoms with E-state index >= 15 is 0 Å². The smallest absolute Gasteiger partial charge is 1.00 e. The normalized spacial score (nSPS) is 9.00. The third-order valence-electron chi connectivity index (χ3n) is 4.10. The number of hydrogen-bond donors (Lipinski definition) is 0. The summed E-state index contributed by atoms with van der Waals surface area (Å²) in [4.78, 5) is 0. The van der Waals surface area contributed by atoms with Gasteiger partial charge in [-0.1, -0.05) is 51.9 Å². The van der Waals surface area contributed by atoms with Crippen LogP contribution in [0.1, 0.15) is 25.0 Å². The first-order chi connectivity index (χ1) is 12.1. The second-order valence-corrected chi connectivity index (χ2v) is 8.64. The van der Waals surface area contributed by atoms with Gasteiger partial charge >= 0.3 is 26.2 Å². The first-order valence-electron chi connectivity index (χ1n) is 9.19. The second-order valence-electron chi connectivity index (χ2n) is 6.43. The van der Waals surface area contributed by atoms with Gasteiger partial charge in [-0.3, -0.25) is 0 Å². The minimum absolute atomic E-state index is 0. The summed E-state index contributed by atoms with van der Waals surface area (Å²) >= 11 is 0. The van der Waals surface area contributed by atoms with Crippen molar-refractivity contribution in [3.63, 3.8) is 0 Å². The van der Waals surface area contributed by atoms with Gasteiger partial charge in [0.1, 0.15) is 0 Å². The van der Waals surface area contributed by atoms with Crippen LogP contribution in [0, 0.1) is 13.8 Å². The van der Waals surface area contributed by atoms with E-state index in [0.29, 0.717) is 0 Å². The number of aryl methyl sites for hydroxylation is 2.